The molecule has 1 heterocycles. The molecule has 2 rings (SSSR count). The number of primary amides is 1. The van der Waals surface area contributed by atoms with Gasteiger partial charge < -0.3 is 11.1 Å². The van der Waals surface area contributed by atoms with Crippen LogP contribution >= 0.6 is 0 Å². The second-order valence-electron chi connectivity index (χ2n) is 5.05. The Bertz CT molecular complexity index is 614. The van der Waals surface area contributed by atoms with Crippen molar-refractivity contribution in [2.75, 3.05) is 0 Å². The number of pyridine rings is 1. The normalized spacial score (nSPS) is 11.6. The molecule has 0 aliphatic rings. The standard InChI is InChI=1S/C17H19N3O2/c18-16(21)15(10-4-8-13-6-2-1-3-7-13)20-17(22)14-9-5-11-19-12-14/h1-3,5-7,9,11-12,15H,4,8,10H2,(H2,18,21)(H,20,22)/t15-/m0/s1. The molecule has 0 radical (unpaired) electrons. The monoisotopic (exact) mass is 297 g/mol. The lowest BCUT2D eigenvalue weighted by Crippen LogP contribution is -2.44. The molecular weight excluding hydrogens is 278 g/mol. The fourth-order valence-corrected chi connectivity index (χ4v) is 2.18. The van der Waals surface area contributed by atoms with Crippen molar-refractivity contribution >= 4 is 11.8 Å². The summed E-state index contributed by atoms with van der Waals surface area (Å²) in [5.74, 6) is -0.859. The highest BCUT2D eigenvalue weighted by Crippen LogP contribution is 2.07. The maximum absolute atomic E-state index is 12.0. The van der Waals surface area contributed by atoms with E-state index in [1.165, 1.54) is 11.8 Å². The van der Waals surface area contributed by atoms with Crippen molar-refractivity contribution in [2.24, 2.45) is 5.73 Å². The molecule has 0 fully saturated rings. The van der Waals surface area contributed by atoms with Gasteiger partial charge in [-0.1, -0.05) is 30.3 Å². The van der Waals surface area contributed by atoms with Gasteiger partial charge in [-0.2, -0.15) is 0 Å². The Hall–Kier alpha value is -2.69. The highest BCUT2D eigenvalue weighted by Gasteiger charge is 2.18. The summed E-state index contributed by atoms with van der Waals surface area (Å²) in [7, 11) is 0. The van der Waals surface area contributed by atoms with Crippen LogP contribution < -0.4 is 11.1 Å². The van der Waals surface area contributed by atoms with E-state index in [1.807, 2.05) is 30.3 Å². The molecule has 2 aromatic rings. The van der Waals surface area contributed by atoms with Crippen LogP contribution in [0.2, 0.25) is 0 Å². The number of carbonyl (C=O) groups is 2. The molecule has 0 unspecified atom stereocenters. The number of carbonyl (C=O) groups excluding carboxylic acids is 2. The molecule has 1 atom stereocenters. The minimum atomic E-state index is -0.670. The van der Waals surface area contributed by atoms with Gasteiger partial charge in [-0.15, -0.1) is 0 Å². The molecular formula is C17H19N3O2. The van der Waals surface area contributed by atoms with E-state index in [0.717, 1.165) is 12.8 Å². The van der Waals surface area contributed by atoms with E-state index in [-0.39, 0.29) is 5.91 Å². The predicted octanol–water partition coefficient (Wildman–Crippen LogP) is 1.69. The molecule has 0 saturated heterocycles. The molecule has 0 bridgehead atoms. The zero-order valence-corrected chi connectivity index (χ0v) is 12.2. The van der Waals surface area contributed by atoms with E-state index in [4.69, 9.17) is 5.73 Å². The minimum Gasteiger partial charge on any atom is -0.368 e. The Morgan fingerprint density at radius 1 is 1.14 bits per heavy atom. The number of nitrogens with one attached hydrogen (secondary N) is 1. The van der Waals surface area contributed by atoms with Crippen molar-refractivity contribution in [2.45, 2.75) is 25.3 Å². The zero-order chi connectivity index (χ0) is 15.8. The Balaban J connectivity index is 1.87. The van der Waals surface area contributed by atoms with Crippen LogP contribution in [0.1, 0.15) is 28.8 Å². The molecule has 22 heavy (non-hydrogen) atoms. The summed E-state index contributed by atoms with van der Waals surface area (Å²) in [6, 6.07) is 12.6. The number of hydrogen-bond donors (Lipinski definition) is 2. The van der Waals surface area contributed by atoms with E-state index in [1.54, 1.807) is 18.3 Å². The smallest absolute Gasteiger partial charge is 0.253 e. The van der Waals surface area contributed by atoms with Crippen molar-refractivity contribution < 1.29 is 9.59 Å². The van der Waals surface area contributed by atoms with Crippen LogP contribution in [0.5, 0.6) is 0 Å². The first-order valence-electron chi connectivity index (χ1n) is 7.21. The quantitative estimate of drug-likeness (QED) is 0.815. The van der Waals surface area contributed by atoms with Crippen LogP contribution in [0.25, 0.3) is 0 Å². The first-order valence-corrected chi connectivity index (χ1v) is 7.21. The fraction of sp³-hybridized carbons (Fsp3) is 0.235. The van der Waals surface area contributed by atoms with Crippen molar-refractivity contribution in [3.8, 4) is 0 Å². The number of nitrogens with two attached hydrogens (primary N) is 1. The van der Waals surface area contributed by atoms with E-state index in [9.17, 15) is 9.59 Å². The third kappa shape index (κ3) is 4.70. The lowest BCUT2D eigenvalue weighted by Gasteiger charge is -2.15. The van der Waals surface area contributed by atoms with Crippen molar-refractivity contribution in [1.29, 1.82) is 0 Å². The lowest BCUT2D eigenvalue weighted by molar-refractivity contribution is -0.120. The van der Waals surface area contributed by atoms with Crippen LogP contribution in [0, 0.1) is 0 Å². The largest absolute Gasteiger partial charge is 0.368 e. The molecule has 1 aromatic carbocycles. The number of amides is 2. The lowest BCUT2D eigenvalue weighted by atomic mass is 10.0. The van der Waals surface area contributed by atoms with Crippen molar-refractivity contribution in [3.05, 3.63) is 66.0 Å². The Morgan fingerprint density at radius 2 is 1.91 bits per heavy atom. The van der Waals surface area contributed by atoms with E-state index in [2.05, 4.69) is 10.3 Å². The van der Waals surface area contributed by atoms with Crippen LogP contribution in [0.4, 0.5) is 0 Å². The van der Waals surface area contributed by atoms with Gasteiger partial charge in [-0.25, -0.2) is 0 Å². The Morgan fingerprint density at radius 3 is 2.55 bits per heavy atom. The fourth-order valence-electron chi connectivity index (χ4n) is 2.18. The highest BCUT2D eigenvalue weighted by molar-refractivity contribution is 5.96. The third-order valence-corrected chi connectivity index (χ3v) is 3.37. The molecule has 0 saturated carbocycles. The van der Waals surface area contributed by atoms with E-state index >= 15 is 0 Å². The summed E-state index contributed by atoms with van der Waals surface area (Å²) < 4.78 is 0. The van der Waals surface area contributed by atoms with Gasteiger partial charge in [-0.05, 0) is 37.0 Å². The number of benzene rings is 1. The van der Waals surface area contributed by atoms with E-state index in [0.29, 0.717) is 12.0 Å². The maximum atomic E-state index is 12.0. The van der Waals surface area contributed by atoms with Gasteiger partial charge in [-0.3, -0.25) is 14.6 Å². The maximum Gasteiger partial charge on any atom is 0.253 e. The Labute approximate surface area is 129 Å². The van der Waals surface area contributed by atoms with E-state index < -0.39 is 11.9 Å². The third-order valence-electron chi connectivity index (χ3n) is 3.37. The van der Waals surface area contributed by atoms with Gasteiger partial charge in [0.1, 0.15) is 6.04 Å². The van der Waals surface area contributed by atoms with Gasteiger partial charge >= 0.3 is 0 Å². The van der Waals surface area contributed by atoms with Crippen molar-refractivity contribution in [3.63, 3.8) is 0 Å². The van der Waals surface area contributed by atoms with Crippen LogP contribution in [0.3, 0.4) is 0 Å². The summed E-state index contributed by atoms with van der Waals surface area (Å²) in [6.07, 6.45) is 5.16. The molecule has 5 heteroatoms. The molecule has 114 valence electrons. The van der Waals surface area contributed by atoms with Gasteiger partial charge in [0.15, 0.2) is 0 Å². The average molecular weight is 297 g/mol. The summed E-state index contributed by atoms with van der Waals surface area (Å²) in [4.78, 5) is 27.4. The minimum absolute atomic E-state index is 0.336. The summed E-state index contributed by atoms with van der Waals surface area (Å²) in [5, 5.41) is 2.67. The molecule has 1 aromatic heterocycles. The number of hydrogen-bond acceptors (Lipinski definition) is 3. The number of rotatable bonds is 7. The Kier molecular flexibility index (Phi) is 5.65. The van der Waals surface area contributed by atoms with Gasteiger partial charge in [0, 0.05) is 12.4 Å². The summed E-state index contributed by atoms with van der Waals surface area (Å²) in [6.45, 7) is 0. The molecule has 2 amide bonds. The summed E-state index contributed by atoms with van der Waals surface area (Å²) >= 11 is 0. The molecule has 5 nitrogen and oxygen atoms in total. The van der Waals surface area contributed by atoms with Crippen LogP contribution in [-0.2, 0) is 11.2 Å². The predicted molar refractivity (Wildman–Crippen MR) is 84.1 cm³/mol. The number of aryl methyl sites for hydroxylation is 1. The first kappa shape index (κ1) is 15.7. The molecule has 0 aliphatic heterocycles. The van der Waals surface area contributed by atoms with Gasteiger partial charge in [0.2, 0.25) is 5.91 Å². The molecule has 0 spiro atoms. The molecule has 3 N–H and O–H groups in total. The van der Waals surface area contributed by atoms with Gasteiger partial charge in [0.05, 0.1) is 5.56 Å². The summed E-state index contributed by atoms with van der Waals surface area (Å²) in [5.41, 5.74) is 6.99. The highest BCUT2D eigenvalue weighted by atomic mass is 16.2. The number of aromatic nitrogens is 1. The topological polar surface area (TPSA) is 85.1 Å². The second kappa shape index (κ2) is 7.93. The molecule has 0 aliphatic carbocycles. The van der Waals surface area contributed by atoms with Crippen LogP contribution in [0.15, 0.2) is 54.9 Å². The zero-order valence-electron chi connectivity index (χ0n) is 12.2. The van der Waals surface area contributed by atoms with Crippen LogP contribution in [-0.4, -0.2) is 22.8 Å². The second-order valence-corrected chi connectivity index (χ2v) is 5.05. The van der Waals surface area contributed by atoms with Gasteiger partial charge in [0.25, 0.3) is 5.91 Å². The first-order chi connectivity index (χ1) is 10.7. The van der Waals surface area contributed by atoms with Crippen molar-refractivity contribution in [1.82, 2.24) is 10.3 Å². The average Bonchev–Trinajstić information content (AvgIpc) is 2.55. The SMILES string of the molecule is NC(=O)[C@H](CCCc1ccccc1)NC(=O)c1cccnc1. The number of nitrogens with zero attached hydrogens (tertiary/aromatic N) is 1.